The first-order valence-electron chi connectivity index (χ1n) is 7.59. The lowest BCUT2D eigenvalue weighted by atomic mass is 10.1. The number of nitrogens with zero attached hydrogens (tertiary/aromatic N) is 2. The van der Waals surface area contributed by atoms with Crippen LogP contribution in [0.15, 0.2) is 58.4 Å². The fourth-order valence-corrected chi connectivity index (χ4v) is 2.35. The standard InChI is InChI=1S/C18H16N4O2/c1-2-12-7-9-13(10-8-12)11-19-21-18(24)16-14-5-3-4-6-15(14)17(23)22-20-16/h3-11H,2H2,1H3,(H,21,24)(H,22,23)/b19-11+. The molecule has 0 saturated carbocycles. The Morgan fingerprint density at radius 2 is 1.88 bits per heavy atom. The molecule has 1 aromatic heterocycles. The Balaban J connectivity index is 1.79. The molecule has 2 aromatic carbocycles. The molecule has 0 aliphatic carbocycles. The molecule has 0 radical (unpaired) electrons. The molecule has 0 aliphatic heterocycles. The van der Waals surface area contributed by atoms with Gasteiger partial charge in [0.1, 0.15) is 0 Å². The van der Waals surface area contributed by atoms with Gasteiger partial charge in [0.05, 0.1) is 11.6 Å². The van der Waals surface area contributed by atoms with Crippen molar-refractivity contribution in [3.05, 3.63) is 75.7 Å². The second-order valence-electron chi connectivity index (χ2n) is 5.24. The monoisotopic (exact) mass is 320 g/mol. The number of aromatic amines is 1. The van der Waals surface area contributed by atoms with Gasteiger partial charge in [-0.15, -0.1) is 0 Å². The zero-order valence-corrected chi connectivity index (χ0v) is 13.1. The number of hydrogen-bond acceptors (Lipinski definition) is 4. The van der Waals surface area contributed by atoms with E-state index in [-0.39, 0.29) is 11.3 Å². The fraction of sp³-hybridized carbons (Fsp3) is 0.111. The van der Waals surface area contributed by atoms with E-state index in [4.69, 9.17) is 0 Å². The molecule has 0 atom stereocenters. The molecule has 1 heterocycles. The first-order chi connectivity index (χ1) is 11.7. The van der Waals surface area contributed by atoms with Crippen molar-refractivity contribution in [3.63, 3.8) is 0 Å². The molecule has 0 fully saturated rings. The Morgan fingerprint density at radius 3 is 2.58 bits per heavy atom. The molecule has 0 aliphatic rings. The number of H-pyrrole nitrogens is 1. The third-order valence-corrected chi connectivity index (χ3v) is 3.68. The van der Waals surface area contributed by atoms with Crippen LogP contribution in [0.4, 0.5) is 0 Å². The molecule has 120 valence electrons. The SMILES string of the molecule is CCc1ccc(/C=N/NC(=O)c2n[nH]c(=O)c3ccccc23)cc1. The van der Waals surface area contributed by atoms with Crippen molar-refractivity contribution in [3.8, 4) is 0 Å². The summed E-state index contributed by atoms with van der Waals surface area (Å²) in [6.07, 6.45) is 2.53. The Labute approximate surface area is 138 Å². The maximum absolute atomic E-state index is 12.3. The Hall–Kier alpha value is -3.28. The zero-order valence-electron chi connectivity index (χ0n) is 13.1. The number of aryl methyl sites for hydroxylation is 1. The van der Waals surface area contributed by atoms with Crippen LogP contribution < -0.4 is 11.0 Å². The third-order valence-electron chi connectivity index (χ3n) is 3.68. The van der Waals surface area contributed by atoms with E-state index in [9.17, 15) is 9.59 Å². The van der Waals surface area contributed by atoms with Crippen molar-refractivity contribution in [1.82, 2.24) is 15.6 Å². The molecular formula is C18H16N4O2. The summed E-state index contributed by atoms with van der Waals surface area (Å²) >= 11 is 0. The number of hydrazone groups is 1. The molecule has 6 heteroatoms. The molecule has 2 N–H and O–H groups in total. The second-order valence-corrected chi connectivity index (χ2v) is 5.24. The largest absolute Gasteiger partial charge is 0.292 e. The smallest absolute Gasteiger partial charge is 0.267 e. The van der Waals surface area contributed by atoms with Gasteiger partial charge in [-0.2, -0.15) is 10.2 Å². The lowest BCUT2D eigenvalue weighted by Crippen LogP contribution is -2.22. The summed E-state index contributed by atoms with van der Waals surface area (Å²) in [4.78, 5) is 24.0. The first-order valence-corrected chi connectivity index (χ1v) is 7.59. The minimum atomic E-state index is -0.483. The van der Waals surface area contributed by atoms with Gasteiger partial charge in [0.2, 0.25) is 0 Å². The number of benzene rings is 2. The van der Waals surface area contributed by atoms with Crippen LogP contribution in [0.25, 0.3) is 10.8 Å². The van der Waals surface area contributed by atoms with E-state index in [1.165, 1.54) is 5.56 Å². The number of aromatic nitrogens is 2. The van der Waals surface area contributed by atoms with E-state index >= 15 is 0 Å². The number of carbonyl (C=O) groups excluding carboxylic acids is 1. The van der Waals surface area contributed by atoms with Crippen LogP contribution in [-0.2, 0) is 6.42 Å². The summed E-state index contributed by atoms with van der Waals surface area (Å²) in [6, 6.07) is 14.7. The molecule has 24 heavy (non-hydrogen) atoms. The van der Waals surface area contributed by atoms with Crippen LogP contribution in [0.3, 0.4) is 0 Å². The summed E-state index contributed by atoms with van der Waals surface area (Å²) in [5.41, 5.74) is 4.35. The normalized spacial score (nSPS) is 11.0. The van der Waals surface area contributed by atoms with E-state index < -0.39 is 5.91 Å². The molecule has 6 nitrogen and oxygen atoms in total. The van der Waals surface area contributed by atoms with Gasteiger partial charge in [-0.25, -0.2) is 10.5 Å². The van der Waals surface area contributed by atoms with Crippen LogP contribution in [0.1, 0.15) is 28.5 Å². The number of fused-ring (bicyclic) bond motifs is 1. The van der Waals surface area contributed by atoms with Crippen LogP contribution in [0.2, 0.25) is 0 Å². The summed E-state index contributed by atoms with van der Waals surface area (Å²) in [7, 11) is 0. The Bertz CT molecular complexity index is 959. The number of hydrogen-bond donors (Lipinski definition) is 2. The molecule has 3 aromatic rings. The van der Waals surface area contributed by atoms with Crippen LogP contribution in [0.5, 0.6) is 0 Å². The topological polar surface area (TPSA) is 87.2 Å². The van der Waals surface area contributed by atoms with Gasteiger partial charge in [-0.05, 0) is 23.6 Å². The van der Waals surface area contributed by atoms with Gasteiger partial charge in [-0.3, -0.25) is 9.59 Å². The summed E-state index contributed by atoms with van der Waals surface area (Å²) in [5.74, 6) is -0.483. The van der Waals surface area contributed by atoms with Crippen LogP contribution >= 0.6 is 0 Å². The summed E-state index contributed by atoms with van der Waals surface area (Å²) < 4.78 is 0. The number of carbonyl (C=O) groups is 1. The minimum absolute atomic E-state index is 0.128. The van der Waals surface area contributed by atoms with E-state index in [0.29, 0.717) is 10.8 Å². The molecule has 0 saturated heterocycles. The van der Waals surface area contributed by atoms with Gasteiger partial charge >= 0.3 is 0 Å². The van der Waals surface area contributed by atoms with Crippen molar-refractivity contribution >= 4 is 22.9 Å². The lowest BCUT2D eigenvalue weighted by molar-refractivity contribution is 0.0951. The zero-order chi connectivity index (χ0) is 16.9. The highest BCUT2D eigenvalue weighted by Gasteiger charge is 2.12. The van der Waals surface area contributed by atoms with Crippen LogP contribution in [-0.4, -0.2) is 22.3 Å². The summed E-state index contributed by atoms with van der Waals surface area (Å²) in [5, 5.41) is 11.0. The fourth-order valence-electron chi connectivity index (χ4n) is 2.35. The predicted molar refractivity (Wildman–Crippen MR) is 93.2 cm³/mol. The Kier molecular flexibility index (Phi) is 4.47. The predicted octanol–water partition coefficient (Wildman–Crippen LogP) is 2.25. The van der Waals surface area contributed by atoms with Gasteiger partial charge < -0.3 is 0 Å². The highest BCUT2D eigenvalue weighted by molar-refractivity contribution is 6.04. The maximum Gasteiger partial charge on any atom is 0.292 e. The van der Waals surface area contributed by atoms with Crippen molar-refractivity contribution in [1.29, 1.82) is 0 Å². The highest BCUT2D eigenvalue weighted by atomic mass is 16.2. The lowest BCUT2D eigenvalue weighted by Gasteiger charge is -2.03. The second kappa shape index (κ2) is 6.87. The van der Waals surface area contributed by atoms with Gasteiger partial charge in [0.15, 0.2) is 5.69 Å². The number of nitrogens with one attached hydrogen (secondary N) is 2. The van der Waals surface area contributed by atoms with Crippen LogP contribution in [0, 0.1) is 0 Å². The molecule has 0 unspecified atom stereocenters. The Morgan fingerprint density at radius 1 is 1.17 bits per heavy atom. The van der Waals surface area contributed by atoms with Gasteiger partial charge in [-0.1, -0.05) is 49.4 Å². The van der Waals surface area contributed by atoms with E-state index in [1.54, 1.807) is 30.5 Å². The molecule has 3 rings (SSSR count). The maximum atomic E-state index is 12.3. The highest BCUT2D eigenvalue weighted by Crippen LogP contribution is 2.12. The first kappa shape index (κ1) is 15.6. The van der Waals surface area contributed by atoms with Crippen molar-refractivity contribution in [2.24, 2.45) is 5.10 Å². The van der Waals surface area contributed by atoms with Gasteiger partial charge in [0, 0.05) is 5.39 Å². The minimum Gasteiger partial charge on any atom is -0.267 e. The molecular weight excluding hydrogens is 304 g/mol. The van der Waals surface area contributed by atoms with E-state index in [0.717, 1.165) is 12.0 Å². The van der Waals surface area contributed by atoms with E-state index in [2.05, 4.69) is 27.6 Å². The number of amides is 1. The summed E-state index contributed by atoms with van der Waals surface area (Å²) in [6.45, 7) is 2.09. The van der Waals surface area contributed by atoms with Crippen molar-refractivity contribution < 1.29 is 4.79 Å². The average molecular weight is 320 g/mol. The molecule has 1 amide bonds. The molecule has 0 bridgehead atoms. The average Bonchev–Trinajstić information content (AvgIpc) is 2.63. The number of rotatable bonds is 4. The van der Waals surface area contributed by atoms with E-state index in [1.807, 2.05) is 24.3 Å². The quantitative estimate of drug-likeness (QED) is 0.571. The van der Waals surface area contributed by atoms with Gasteiger partial charge in [0.25, 0.3) is 11.5 Å². The van der Waals surface area contributed by atoms with Crippen molar-refractivity contribution in [2.75, 3.05) is 0 Å². The van der Waals surface area contributed by atoms with Crippen molar-refractivity contribution in [2.45, 2.75) is 13.3 Å². The molecule has 0 spiro atoms. The third kappa shape index (κ3) is 3.22.